The Bertz CT molecular complexity index is 643. The summed E-state index contributed by atoms with van der Waals surface area (Å²) in [5, 5.41) is 0. The molecule has 1 aliphatic heterocycles. The van der Waals surface area contributed by atoms with Crippen LogP contribution in [0.4, 0.5) is 0 Å². The molecule has 0 unspecified atom stereocenters. The van der Waals surface area contributed by atoms with Gasteiger partial charge >= 0.3 is 6.01 Å². The van der Waals surface area contributed by atoms with Crippen LogP contribution in [0.25, 0.3) is 0 Å². The predicted molar refractivity (Wildman–Crippen MR) is 85.7 cm³/mol. The molecule has 0 bridgehead atoms. The molecule has 5 nitrogen and oxygen atoms in total. The van der Waals surface area contributed by atoms with Gasteiger partial charge in [-0.05, 0) is 34.1 Å². The lowest BCUT2D eigenvalue weighted by molar-refractivity contribution is 0.0578. The average molecular weight is 362 g/mol. The summed E-state index contributed by atoms with van der Waals surface area (Å²) in [6, 6.07) is 9.66. The van der Waals surface area contributed by atoms with Crippen LogP contribution in [0.2, 0.25) is 0 Å². The summed E-state index contributed by atoms with van der Waals surface area (Å²) in [6.07, 6.45) is 4.95. The highest BCUT2D eigenvalue weighted by atomic mass is 79.9. The molecule has 2 heterocycles. The molecule has 22 heavy (non-hydrogen) atoms. The largest absolute Gasteiger partial charge is 0.460 e. The standard InChI is InChI=1S/C16H16BrN3O2/c17-14-5-2-1-4-13(14)15(21)20-10-6-12(7-11-20)22-16-18-8-3-9-19-16/h1-5,8-9,12H,6-7,10-11H2. The summed E-state index contributed by atoms with van der Waals surface area (Å²) in [7, 11) is 0. The number of carbonyl (C=O) groups excluding carboxylic acids is 1. The molecule has 0 radical (unpaired) electrons. The first-order valence-electron chi connectivity index (χ1n) is 7.21. The molecular formula is C16H16BrN3O2. The van der Waals surface area contributed by atoms with Gasteiger partial charge in [-0.3, -0.25) is 4.79 Å². The van der Waals surface area contributed by atoms with Crippen molar-refractivity contribution in [1.82, 2.24) is 14.9 Å². The second kappa shape index (κ2) is 6.87. The highest BCUT2D eigenvalue weighted by molar-refractivity contribution is 9.10. The zero-order chi connectivity index (χ0) is 15.4. The predicted octanol–water partition coefficient (Wildman–Crippen LogP) is 2.92. The number of hydrogen-bond acceptors (Lipinski definition) is 4. The number of carbonyl (C=O) groups is 1. The fourth-order valence-electron chi connectivity index (χ4n) is 2.48. The summed E-state index contributed by atoms with van der Waals surface area (Å²) < 4.78 is 6.57. The molecule has 114 valence electrons. The van der Waals surface area contributed by atoms with E-state index in [0.29, 0.717) is 24.7 Å². The first-order chi connectivity index (χ1) is 10.7. The first kappa shape index (κ1) is 15.0. The summed E-state index contributed by atoms with van der Waals surface area (Å²) >= 11 is 3.43. The SMILES string of the molecule is O=C(c1ccccc1Br)N1CCC(Oc2ncccn2)CC1. The van der Waals surface area contributed by atoms with E-state index in [1.54, 1.807) is 18.5 Å². The minimum Gasteiger partial charge on any atom is -0.460 e. The average Bonchev–Trinajstić information content (AvgIpc) is 2.56. The Labute approximate surface area is 137 Å². The van der Waals surface area contributed by atoms with Crippen LogP contribution in [0.15, 0.2) is 47.2 Å². The Hall–Kier alpha value is -1.95. The third kappa shape index (κ3) is 3.44. The molecule has 3 rings (SSSR count). The summed E-state index contributed by atoms with van der Waals surface area (Å²) in [6.45, 7) is 1.36. The van der Waals surface area contributed by atoms with E-state index in [-0.39, 0.29) is 12.0 Å². The quantitative estimate of drug-likeness (QED) is 0.843. The van der Waals surface area contributed by atoms with Gasteiger partial charge in [0.2, 0.25) is 0 Å². The molecule has 6 heteroatoms. The van der Waals surface area contributed by atoms with Crippen molar-refractivity contribution in [3.05, 3.63) is 52.8 Å². The second-order valence-corrected chi connectivity index (χ2v) is 5.97. The molecule has 0 N–H and O–H groups in total. The molecule has 0 saturated carbocycles. The van der Waals surface area contributed by atoms with E-state index in [1.807, 2.05) is 29.2 Å². The van der Waals surface area contributed by atoms with Crippen molar-refractivity contribution in [3.63, 3.8) is 0 Å². The van der Waals surface area contributed by atoms with Crippen molar-refractivity contribution in [2.75, 3.05) is 13.1 Å². The Morgan fingerprint density at radius 2 is 1.82 bits per heavy atom. The van der Waals surface area contributed by atoms with Crippen molar-refractivity contribution < 1.29 is 9.53 Å². The first-order valence-corrected chi connectivity index (χ1v) is 8.01. The third-order valence-corrected chi connectivity index (χ3v) is 4.34. The van der Waals surface area contributed by atoms with Gasteiger partial charge in [-0.25, -0.2) is 9.97 Å². The van der Waals surface area contributed by atoms with Crippen molar-refractivity contribution >= 4 is 21.8 Å². The second-order valence-electron chi connectivity index (χ2n) is 5.12. The van der Waals surface area contributed by atoms with E-state index in [4.69, 9.17) is 4.74 Å². The molecule has 0 aliphatic carbocycles. The molecule has 0 spiro atoms. The lowest BCUT2D eigenvalue weighted by atomic mass is 10.1. The van der Waals surface area contributed by atoms with Gasteiger partial charge in [0, 0.05) is 42.8 Å². The van der Waals surface area contributed by atoms with Crippen LogP contribution in [0.3, 0.4) is 0 Å². The third-order valence-electron chi connectivity index (χ3n) is 3.65. The molecule has 1 aliphatic rings. The molecule has 1 saturated heterocycles. The number of piperidine rings is 1. The fourth-order valence-corrected chi connectivity index (χ4v) is 2.93. The Balaban J connectivity index is 1.58. The smallest absolute Gasteiger partial charge is 0.316 e. The van der Waals surface area contributed by atoms with E-state index in [0.717, 1.165) is 17.3 Å². The van der Waals surface area contributed by atoms with E-state index in [2.05, 4.69) is 25.9 Å². The number of amides is 1. The Morgan fingerprint density at radius 3 is 2.50 bits per heavy atom. The van der Waals surface area contributed by atoms with Crippen LogP contribution < -0.4 is 4.74 Å². The molecule has 1 aromatic heterocycles. The van der Waals surface area contributed by atoms with Gasteiger partial charge in [0.05, 0.1) is 5.56 Å². The number of hydrogen-bond donors (Lipinski definition) is 0. The van der Waals surface area contributed by atoms with Crippen molar-refractivity contribution in [3.8, 4) is 6.01 Å². The normalized spacial score (nSPS) is 15.6. The molecule has 1 amide bonds. The van der Waals surface area contributed by atoms with Crippen molar-refractivity contribution in [1.29, 1.82) is 0 Å². The van der Waals surface area contributed by atoms with Crippen LogP contribution in [-0.4, -0.2) is 40.0 Å². The highest BCUT2D eigenvalue weighted by Crippen LogP contribution is 2.21. The minimum absolute atomic E-state index is 0.0573. The summed E-state index contributed by atoms with van der Waals surface area (Å²) in [5.74, 6) is 0.0573. The number of rotatable bonds is 3. The van der Waals surface area contributed by atoms with Gasteiger partial charge in [0.15, 0.2) is 0 Å². The lowest BCUT2D eigenvalue weighted by Gasteiger charge is -2.31. The number of ether oxygens (including phenoxy) is 1. The van der Waals surface area contributed by atoms with Crippen LogP contribution in [0.1, 0.15) is 23.2 Å². The van der Waals surface area contributed by atoms with Gasteiger partial charge in [-0.2, -0.15) is 0 Å². The van der Waals surface area contributed by atoms with Gasteiger partial charge < -0.3 is 9.64 Å². The van der Waals surface area contributed by atoms with Crippen molar-refractivity contribution in [2.45, 2.75) is 18.9 Å². The number of nitrogens with zero attached hydrogens (tertiary/aromatic N) is 3. The van der Waals surface area contributed by atoms with E-state index < -0.39 is 0 Å². The molecule has 0 atom stereocenters. The maximum atomic E-state index is 12.5. The Morgan fingerprint density at radius 1 is 1.14 bits per heavy atom. The zero-order valence-corrected chi connectivity index (χ0v) is 13.6. The van der Waals surface area contributed by atoms with Crippen LogP contribution in [0, 0.1) is 0 Å². The van der Waals surface area contributed by atoms with Gasteiger partial charge in [-0.1, -0.05) is 12.1 Å². The maximum Gasteiger partial charge on any atom is 0.316 e. The number of likely N-dealkylation sites (tertiary alicyclic amines) is 1. The summed E-state index contributed by atoms with van der Waals surface area (Å²) in [5.41, 5.74) is 0.702. The van der Waals surface area contributed by atoms with E-state index >= 15 is 0 Å². The van der Waals surface area contributed by atoms with Gasteiger partial charge in [0.25, 0.3) is 5.91 Å². The fraction of sp³-hybridized carbons (Fsp3) is 0.312. The van der Waals surface area contributed by atoms with E-state index in [9.17, 15) is 4.79 Å². The molecule has 2 aromatic rings. The molecule has 1 fully saturated rings. The Kier molecular flexibility index (Phi) is 4.68. The zero-order valence-electron chi connectivity index (χ0n) is 12.0. The monoisotopic (exact) mass is 361 g/mol. The van der Waals surface area contributed by atoms with Crippen molar-refractivity contribution in [2.24, 2.45) is 0 Å². The molecule has 1 aromatic carbocycles. The lowest BCUT2D eigenvalue weighted by Crippen LogP contribution is -2.42. The van der Waals surface area contributed by atoms with Crippen LogP contribution >= 0.6 is 15.9 Å². The molecular weight excluding hydrogens is 346 g/mol. The number of benzene rings is 1. The topological polar surface area (TPSA) is 55.3 Å². The van der Waals surface area contributed by atoms with Crippen LogP contribution in [0.5, 0.6) is 6.01 Å². The van der Waals surface area contributed by atoms with Gasteiger partial charge in [-0.15, -0.1) is 0 Å². The minimum atomic E-state index is 0.0573. The van der Waals surface area contributed by atoms with Crippen LogP contribution in [-0.2, 0) is 0 Å². The maximum absolute atomic E-state index is 12.5. The highest BCUT2D eigenvalue weighted by Gasteiger charge is 2.25. The number of halogens is 1. The number of aromatic nitrogens is 2. The van der Waals surface area contributed by atoms with E-state index in [1.165, 1.54) is 0 Å². The summed E-state index contributed by atoms with van der Waals surface area (Å²) in [4.78, 5) is 22.5. The van der Waals surface area contributed by atoms with Gasteiger partial charge in [0.1, 0.15) is 6.10 Å².